The molecule has 0 saturated heterocycles. The lowest BCUT2D eigenvalue weighted by molar-refractivity contribution is 0.0351. The highest BCUT2D eigenvalue weighted by Gasteiger charge is 2.03. The third kappa shape index (κ3) is 10.8. The lowest BCUT2D eigenvalue weighted by Gasteiger charge is -2.12. The number of nitrogens with one attached hydrogen (secondary N) is 1. The number of benzene rings is 1. The average molecular weight is 311 g/mol. The maximum atomic E-state index is 9.78. The van der Waals surface area contributed by atoms with Gasteiger partial charge in [0.05, 0.1) is 12.7 Å². The Morgan fingerprint density at radius 2 is 2.00 bits per heavy atom. The van der Waals surface area contributed by atoms with Gasteiger partial charge in [-0.3, -0.25) is 0 Å². The summed E-state index contributed by atoms with van der Waals surface area (Å²) < 4.78 is 5.48. The van der Waals surface area contributed by atoms with Crippen molar-refractivity contribution in [3.63, 3.8) is 0 Å². The molecule has 0 aliphatic rings. The minimum absolute atomic E-state index is 0.411. The number of hydrogen-bond donors (Lipinski definition) is 2. The Labute approximate surface area is 133 Å². The normalized spacial score (nSPS) is 12.8. The van der Waals surface area contributed by atoms with Crippen molar-refractivity contribution in [2.45, 2.75) is 37.7 Å². The highest BCUT2D eigenvalue weighted by molar-refractivity contribution is 7.99. The zero-order valence-electron chi connectivity index (χ0n) is 13.3. The fraction of sp³-hybridized carbons (Fsp3) is 0.647. The maximum absolute atomic E-state index is 9.78. The monoisotopic (exact) mass is 311 g/mol. The van der Waals surface area contributed by atoms with E-state index < -0.39 is 6.10 Å². The van der Waals surface area contributed by atoms with E-state index in [1.54, 1.807) is 0 Å². The van der Waals surface area contributed by atoms with Crippen LogP contribution in [0.1, 0.15) is 26.7 Å². The summed E-state index contributed by atoms with van der Waals surface area (Å²) in [6.07, 6.45) is 1.85. The van der Waals surface area contributed by atoms with Crippen LogP contribution >= 0.6 is 11.8 Å². The molecule has 1 aromatic carbocycles. The van der Waals surface area contributed by atoms with E-state index in [9.17, 15) is 5.11 Å². The van der Waals surface area contributed by atoms with Crippen molar-refractivity contribution in [3.05, 3.63) is 30.3 Å². The Kier molecular flexibility index (Phi) is 10.6. The molecule has 0 bridgehead atoms. The lowest BCUT2D eigenvalue weighted by atomic mass is 10.1. The third-order valence-electron chi connectivity index (χ3n) is 3.05. The molecule has 0 spiro atoms. The van der Waals surface area contributed by atoms with Crippen molar-refractivity contribution < 1.29 is 9.84 Å². The van der Waals surface area contributed by atoms with Crippen LogP contribution < -0.4 is 5.32 Å². The Balaban J connectivity index is 1.90. The second kappa shape index (κ2) is 12.0. The number of aliphatic hydroxyl groups excluding tert-OH is 1. The standard InChI is InChI=1S/C17H29NO2S/c1-15(2)7-6-11-20-14-16(19)13-18-10-12-21-17-8-4-3-5-9-17/h3-5,8-9,15-16,18-19H,6-7,10-14H2,1-2H3. The van der Waals surface area contributed by atoms with Crippen molar-refractivity contribution in [1.82, 2.24) is 5.32 Å². The van der Waals surface area contributed by atoms with Crippen LogP contribution in [0.15, 0.2) is 35.2 Å². The van der Waals surface area contributed by atoms with Gasteiger partial charge in [0.25, 0.3) is 0 Å². The second-order valence-electron chi connectivity index (χ2n) is 5.63. The smallest absolute Gasteiger partial charge is 0.0897 e. The van der Waals surface area contributed by atoms with Gasteiger partial charge in [0.15, 0.2) is 0 Å². The first-order valence-electron chi connectivity index (χ1n) is 7.83. The minimum Gasteiger partial charge on any atom is -0.389 e. The molecule has 0 radical (unpaired) electrons. The molecule has 0 aliphatic heterocycles. The molecule has 0 heterocycles. The Morgan fingerprint density at radius 3 is 2.71 bits per heavy atom. The zero-order valence-corrected chi connectivity index (χ0v) is 14.1. The van der Waals surface area contributed by atoms with Gasteiger partial charge in [0.2, 0.25) is 0 Å². The summed E-state index contributed by atoms with van der Waals surface area (Å²) >= 11 is 1.82. The molecule has 120 valence electrons. The van der Waals surface area contributed by atoms with Crippen molar-refractivity contribution in [2.24, 2.45) is 5.92 Å². The molecular weight excluding hydrogens is 282 g/mol. The molecule has 1 rings (SSSR count). The van der Waals surface area contributed by atoms with Crippen LogP contribution in [0.4, 0.5) is 0 Å². The summed E-state index contributed by atoms with van der Waals surface area (Å²) in [5.41, 5.74) is 0. The van der Waals surface area contributed by atoms with Crippen LogP contribution in [0.3, 0.4) is 0 Å². The molecule has 3 nitrogen and oxygen atoms in total. The molecule has 0 amide bonds. The summed E-state index contributed by atoms with van der Waals surface area (Å²) in [7, 11) is 0. The summed E-state index contributed by atoms with van der Waals surface area (Å²) in [6, 6.07) is 10.4. The molecule has 0 aromatic heterocycles. The second-order valence-corrected chi connectivity index (χ2v) is 6.80. The third-order valence-corrected chi connectivity index (χ3v) is 4.06. The first-order valence-corrected chi connectivity index (χ1v) is 8.81. The van der Waals surface area contributed by atoms with E-state index in [4.69, 9.17) is 4.74 Å². The Hall–Kier alpha value is -0.550. The summed E-state index contributed by atoms with van der Waals surface area (Å²) in [5.74, 6) is 1.73. The number of ether oxygens (including phenoxy) is 1. The maximum Gasteiger partial charge on any atom is 0.0897 e. The van der Waals surface area contributed by atoms with Crippen LogP contribution in [0.2, 0.25) is 0 Å². The van der Waals surface area contributed by atoms with Gasteiger partial charge in [-0.15, -0.1) is 11.8 Å². The fourth-order valence-corrected chi connectivity index (χ4v) is 2.73. The van der Waals surface area contributed by atoms with Crippen LogP contribution in [-0.2, 0) is 4.74 Å². The quantitative estimate of drug-likeness (QED) is 0.459. The average Bonchev–Trinajstić information content (AvgIpc) is 2.47. The molecule has 1 aromatic rings. The minimum atomic E-state index is -0.411. The van der Waals surface area contributed by atoms with Crippen molar-refractivity contribution in [2.75, 3.05) is 32.1 Å². The van der Waals surface area contributed by atoms with E-state index in [1.807, 2.05) is 17.8 Å². The van der Waals surface area contributed by atoms with Crippen LogP contribution in [0.5, 0.6) is 0 Å². The van der Waals surface area contributed by atoms with Crippen molar-refractivity contribution in [1.29, 1.82) is 0 Å². The molecule has 21 heavy (non-hydrogen) atoms. The van der Waals surface area contributed by atoms with Crippen LogP contribution in [0, 0.1) is 5.92 Å². The summed E-state index contributed by atoms with van der Waals surface area (Å²) in [6.45, 7) is 7.10. The molecular formula is C17H29NO2S. The predicted octanol–water partition coefficient (Wildman–Crippen LogP) is 3.18. The van der Waals surface area contributed by atoms with E-state index in [-0.39, 0.29) is 0 Å². The van der Waals surface area contributed by atoms with Crippen LogP contribution in [0.25, 0.3) is 0 Å². The highest BCUT2D eigenvalue weighted by Crippen LogP contribution is 2.15. The van der Waals surface area contributed by atoms with E-state index in [1.165, 1.54) is 11.3 Å². The molecule has 1 atom stereocenters. The Bertz CT molecular complexity index is 346. The van der Waals surface area contributed by atoms with Crippen LogP contribution in [-0.4, -0.2) is 43.3 Å². The van der Waals surface area contributed by atoms with Gasteiger partial charge in [0, 0.05) is 30.3 Å². The predicted molar refractivity (Wildman–Crippen MR) is 90.9 cm³/mol. The van der Waals surface area contributed by atoms with Gasteiger partial charge in [-0.05, 0) is 30.9 Å². The van der Waals surface area contributed by atoms with E-state index >= 15 is 0 Å². The molecule has 1 unspecified atom stereocenters. The first-order chi connectivity index (χ1) is 10.2. The number of aliphatic hydroxyl groups is 1. The largest absolute Gasteiger partial charge is 0.389 e. The van der Waals surface area contributed by atoms with Crippen molar-refractivity contribution in [3.8, 4) is 0 Å². The number of hydrogen-bond acceptors (Lipinski definition) is 4. The topological polar surface area (TPSA) is 41.5 Å². The van der Waals surface area contributed by atoms with E-state index in [0.29, 0.717) is 13.2 Å². The number of thioether (sulfide) groups is 1. The molecule has 0 aliphatic carbocycles. The van der Waals surface area contributed by atoms with Crippen molar-refractivity contribution >= 4 is 11.8 Å². The van der Waals surface area contributed by atoms with E-state index in [2.05, 4.69) is 43.4 Å². The van der Waals surface area contributed by atoms with Gasteiger partial charge in [-0.2, -0.15) is 0 Å². The van der Waals surface area contributed by atoms with E-state index in [0.717, 1.165) is 31.2 Å². The van der Waals surface area contributed by atoms with Gasteiger partial charge >= 0.3 is 0 Å². The first kappa shape index (κ1) is 18.5. The lowest BCUT2D eigenvalue weighted by Crippen LogP contribution is -2.31. The van der Waals surface area contributed by atoms with Gasteiger partial charge in [0.1, 0.15) is 0 Å². The molecule has 0 saturated carbocycles. The summed E-state index contributed by atoms with van der Waals surface area (Å²) in [5, 5.41) is 13.0. The zero-order chi connectivity index (χ0) is 15.3. The summed E-state index contributed by atoms with van der Waals surface area (Å²) in [4.78, 5) is 1.29. The highest BCUT2D eigenvalue weighted by atomic mass is 32.2. The van der Waals surface area contributed by atoms with Gasteiger partial charge < -0.3 is 15.2 Å². The fourth-order valence-electron chi connectivity index (χ4n) is 1.90. The molecule has 2 N–H and O–H groups in total. The molecule has 4 heteroatoms. The van der Waals surface area contributed by atoms with Gasteiger partial charge in [-0.25, -0.2) is 0 Å². The Morgan fingerprint density at radius 1 is 1.24 bits per heavy atom. The number of rotatable bonds is 12. The molecule has 0 fully saturated rings. The van der Waals surface area contributed by atoms with Gasteiger partial charge in [-0.1, -0.05) is 32.0 Å². The SMILES string of the molecule is CC(C)CCCOCC(O)CNCCSc1ccccc1.